The standard InChI is InChI=1S/C24H25N5O2/c1-14-8-29-13-21(26-23(29)15(2)25-14)20-6-16-4-5-19(7-22(16)31-24(20)30)28-11-17-9-27(3)10-18(17)12-28/h4-8,13,17-18H,9-12H2,1-3H3. The Bertz CT molecular complexity index is 1370. The van der Waals surface area contributed by atoms with Gasteiger partial charge in [-0.05, 0) is 50.9 Å². The summed E-state index contributed by atoms with van der Waals surface area (Å²) >= 11 is 0. The maximum Gasteiger partial charge on any atom is 0.345 e. The van der Waals surface area contributed by atoms with Crippen molar-refractivity contribution in [2.75, 3.05) is 38.1 Å². The van der Waals surface area contributed by atoms with Crippen molar-refractivity contribution in [1.82, 2.24) is 19.3 Å². The molecule has 0 N–H and O–H groups in total. The summed E-state index contributed by atoms with van der Waals surface area (Å²) in [5.41, 5.74) is 4.96. The summed E-state index contributed by atoms with van der Waals surface area (Å²) in [5.74, 6) is 1.46. The van der Waals surface area contributed by atoms with Crippen molar-refractivity contribution in [3.05, 3.63) is 58.5 Å². The van der Waals surface area contributed by atoms with E-state index in [1.165, 1.54) is 13.1 Å². The van der Waals surface area contributed by atoms with Gasteiger partial charge < -0.3 is 18.6 Å². The molecule has 2 unspecified atom stereocenters. The van der Waals surface area contributed by atoms with Gasteiger partial charge in [-0.2, -0.15) is 0 Å². The summed E-state index contributed by atoms with van der Waals surface area (Å²) in [6.07, 6.45) is 3.78. The number of aryl methyl sites for hydroxylation is 2. The Morgan fingerprint density at radius 3 is 2.55 bits per heavy atom. The molecule has 5 heterocycles. The van der Waals surface area contributed by atoms with Gasteiger partial charge in [0.2, 0.25) is 0 Å². The predicted molar refractivity (Wildman–Crippen MR) is 121 cm³/mol. The van der Waals surface area contributed by atoms with Gasteiger partial charge in [-0.1, -0.05) is 0 Å². The van der Waals surface area contributed by atoms with E-state index in [1.54, 1.807) is 0 Å². The maximum absolute atomic E-state index is 12.8. The average molecular weight is 415 g/mol. The Labute approximate surface area is 179 Å². The minimum Gasteiger partial charge on any atom is -0.422 e. The largest absolute Gasteiger partial charge is 0.422 e. The van der Waals surface area contributed by atoms with Gasteiger partial charge in [0.15, 0.2) is 5.65 Å². The van der Waals surface area contributed by atoms with Crippen LogP contribution in [0.3, 0.4) is 0 Å². The number of rotatable bonds is 2. The highest BCUT2D eigenvalue weighted by atomic mass is 16.4. The van der Waals surface area contributed by atoms with Crippen LogP contribution in [-0.4, -0.2) is 52.5 Å². The Hall–Kier alpha value is -3.19. The first-order chi connectivity index (χ1) is 14.9. The van der Waals surface area contributed by atoms with E-state index in [4.69, 9.17) is 4.42 Å². The summed E-state index contributed by atoms with van der Waals surface area (Å²) in [6, 6.07) is 8.07. The van der Waals surface area contributed by atoms with E-state index in [0.29, 0.717) is 16.8 Å². The summed E-state index contributed by atoms with van der Waals surface area (Å²) in [5, 5.41) is 0.903. The molecule has 0 spiro atoms. The van der Waals surface area contributed by atoms with Gasteiger partial charge in [0.1, 0.15) is 5.58 Å². The molecule has 2 aliphatic heterocycles. The molecule has 1 aromatic carbocycles. The van der Waals surface area contributed by atoms with Crippen LogP contribution in [0, 0.1) is 25.7 Å². The lowest BCUT2D eigenvalue weighted by atomic mass is 10.0. The lowest BCUT2D eigenvalue weighted by molar-refractivity contribution is 0.387. The monoisotopic (exact) mass is 415 g/mol. The van der Waals surface area contributed by atoms with Gasteiger partial charge in [0.25, 0.3) is 0 Å². The minimum absolute atomic E-state index is 0.365. The number of fused-ring (bicyclic) bond motifs is 3. The molecule has 2 aliphatic rings. The molecule has 31 heavy (non-hydrogen) atoms. The van der Waals surface area contributed by atoms with Crippen LogP contribution >= 0.6 is 0 Å². The Morgan fingerprint density at radius 2 is 1.77 bits per heavy atom. The van der Waals surface area contributed by atoms with Crippen LogP contribution in [0.25, 0.3) is 27.9 Å². The second-order valence-corrected chi connectivity index (χ2v) is 9.14. The Kier molecular flexibility index (Phi) is 3.99. The van der Waals surface area contributed by atoms with Gasteiger partial charge in [0, 0.05) is 55.7 Å². The first-order valence-corrected chi connectivity index (χ1v) is 10.8. The van der Waals surface area contributed by atoms with E-state index in [9.17, 15) is 4.79 Å². The Morgan fingerprint density at radius 1 is 1.00 bits per heavy atom. The molecule has 0 bridgehead atoms. The van der Waals surface area contributed by atoms with Crippen molar-refractivity contribution >= 4 is 22.3 Å². The van der Waals surface area contributed by atoms with Crippen molar-refractivity contribution in [2.45, 2.75) is 13.8 Å². The number of nitrogens with zero attached hydrogens (tertiary/aromatic N) is 5. The fourth-order valence-electron chi connectivity index (χ4n) is 5.35. The summed E-state index contributed by atoms with van der Waals surface area (Å²) in [7, 11) is 2.20. The highest BCUT2D eigenvalue weighted by Gasteiger charge is 2.38. The molecule has 6 rings (SSSR count). The van der Waals surface area contributed by atoms with Crippen LogP contribution in [0.2, 0.25) is 0 Å². The highest BCUT2D eigenvalue weighted by molar-refractivity contribution is 5.84. The first-order valence-electron chi connectivity index (χ1n) is 10.8. The Balaban J connectivity index is 1.36. The number of benzene rings is 1. The van der Waals surface area contributed by atoms with Crippen LogP contribution in [0.4, 0.5) is 5.69 Å². The lowest BCUT2D eigenvalue weighted by Crippen LogP contribution is -2.26. The summed E-state index contributed by atoms with van der Waals surface area (Å²) < 4.78 is 7.67. The SMILES string of the molecule is Cc1cn2cc(-c3cc4ccc(N5CC6CN(C)CC6C5)cc4oc3=O)nc2c(C)n1. The van der Waals surface area contributed by atoms with E-state index >= 15 is 0 Å². The molecular weight excluding hydrogens is 390 g/mol. The number of hydrogen-bond donors (Lipinski definition) is 0. The van der Waals surface area contributed by atoms with Gasteiger partial charge in [-0.25, -0.2) is 9.78 Å². The number of likely N-dealkylation sites (tertiary alicyclic amines) is 1. The topological polar surface area (TPSA) is 66.9 Å². The smallest absolute Gasteiger partial charge is 0.345 e. The average Bonchev–Trinajstić information content (AvgIpc) is 3.39. The maximum atomic E-state index is 12.8. The van der Waals surface area contributed by atoms with E-state index in [-0.39, 0.29) is 5.63 Å². The zero-order valence-electron chi connectivity index (χ0n) is 18.0. The van der Waals surface area contributed by atoms with E-state index < -0.39 is 0 Å². The van der Waals surface area contributed by atoms with Crippen LogP contribution in [0.15, 0.2) is 45.9 Å². The second kappa shape index (κ2) is 6.65. The fraction of sp³-hybridized carbons (Fsp3) is 0.375. The van der Waals surface area contributed by atoms with Crippen molar-refractivity contribution in [1.29, 1.82) is 0 Å². The molecule has 3 aromatic heterocycles. The summed E-state index contributed by atoms with van der Waals surface area (Å²) in [6.45, 7) is 8.34. The van der Waals surface area contributed by atoms with Gasteiger partial charge in [-0.3, -0.25) is 4.98 Å². The minimum atomic E-state index is -0.365. The molecule has 2 atom stereocenters. The number of hydrogen-bond acceptors (Lipinski definition) is 6. The number of aromatic nitrogens is 3. The second-order valence-electron chi connectivity index (χ2n) is 9.14. The highest BCUT2D eigenvalue weighted by Crippen LogP contribution is 2.34. The zero-order chi connectivity index (χ0) is 21.3. The molecule has 7 nitrogen and oxygen atoms in total. The van der Waals surface area contributed by atoms with Crippen molar-refractivity contribution in [2.24, 2.45) is 11.8 Å². The van der Waals surface area contributed by atoms with Crippen molar-refractivity contribution in [3.8, 4) is 11.3 Å². The van der Waals surface area contributed by atoms with E-state index in [0.717, 1.165) is 53.0 Å². The van der Waals surface area contributed by atoms with Crippen LogP contribution in [-0.2, 0) is 0 Å². The first kappa shape index (κ1) is 18.6. The van der Waals surface area contributed by atoms with Gasteiger partial charge in [-0.15, -0.1) is 0 Å². The fourth-order valence-corrected chi connectivity index (χ4v) is 5.35. The molecule has 0 saturated carbocycles. The molecule has 7 heteroatoms. The molecular formula is C24H25N5O2. The third-order valence-corrected chi connectivity index (χ3v) is 6.76. The van der Waals surface area contributed by atoms with E-state index in [2.05, 4.69) is 32.9 Å². The van der Waals surface area contributed by atoms with Gasteiger partial charge in [0.05, 0.1) is 22.6 Å². The van der Waals surface area contributed by atoms with E-state index in [1.807, 2.05) is 48.8 Å². The third-order valence-electron chi connectivity index (χ3n) is 6.76. The molecule has 158 valence electrons. The molecule has 0 amide bonds. The summed E-state index contributed by atoms with van der Waals surface area (Å²) in [4.78, 5) is 26.8. The lowest BCUT2D eigenvalue weighted by Gasteiger charge is -2.21. The molecule has 4 aromatic rings. The molecule has 0 radical (unpaired) electrons. The van der Waals surface area contributed by atoms with Crippen LogP contribution in [0.5, 0.6) is 0 Å². The van der Waals surface area contributed by atoms with Crippen molar-refractivity contribution in [3.63, 3.8) is 0 Å². The van der Waals surface area contributed by atoms with Crippen LogP contribution < -0.4 is 10.5 Å². The van der Waals surface area contributed by atoms with Crippen molar-refractivity contribution < 1.29 is 4.42 Å². The zero-order valence-corrected chi connectivity index (χ0v) is 18.0. The van der Waals surface area contributed by atoms with Gasteiger partial charge >= 0.3 is 5.63 Å². The predicted octanol–water partition coefficient (Wildman–Crippen LogP) is 3.12. The number of imidazole rings is 1. The normalized spacial score (nSPS) is 21.5. The third kappa shape index (κ3) is 3.03. The molecule has 2 fully saturated rings. The number of anilines is 1. The molecule has 0 aliphatic carbocycles. The van der Waals surface area contributed by atoms with Crippen LogP contribution in [0.1, 0.15) is 11.4 Å². The molecule has 2 saturated heterocycles. The quantitative estimate of drug-likeness (QED) is 0.469.